The first-order valence-corrected chi connectivity index (χ1v) is 6.37. The summed E-state index contributed by atoms with van der Waals surface area (Å²) in [4.78, 5) is 24.1. The number of carboxylic acids is 1. The maximum Gasteiger partial charge on any atom is 0.306 e. The summed E-state index contributed by atoms with van der Waals surface area (Å²) in [6.45, 7) is 2.21. The van der Waals surface area contributed by atoms with Gasteiger partial charge in [-0.05, 0) is 12.1 Å². The molecule has 1 saturated heterocycles. The molecule has 1 fully saturated rings. The van der Waals surface area contributed by atoms with Crippen molar-refractivity contribution in [1.82, 2.24) is 4.90 Å². The van der Waals surface area contributed by atoms with E-state index in [0.717, 1.165) is 0 Å². The third kappa shape index (κ3) is 3.07. The summed E-state index contributed by atoms with van der Waals surface area (Å²) in [5.41, 5.74) is 0. The van der Waals surface area contributed by atoms with E-state index in [0.29, 0.717) is 13.1 Å². The Morgan fingerprint density at radius 1 is 1.45 bits per heavy atom. The smallest absolute Gasteiger partial charge is 0.306 e. The second-order valence-electron chi connectivity index (χ2n) is 4.90. The standard InChI is InChI=1S/C14H16FNO4/c1-9(14(18)19)10-6-16(7-10)13(17)8-20-12-5-3-2-4-11(12)15/h2-5,9-10H,6-8H2,1H3,(H,18,19). The third-order valence-corrected chi connectivity index (χ3v) is 3.55. The molecule has 2 rings (SSSR count). The zero-order valence-electron chi connectivity index (χ0n) is 11.1. The monoisotopic (exact) mass is 281 g/mol. The van der Waals surface area contributed by atoms with Crippen LogP contribution in [0, 0.1) is 17.7 Å². The average Bonchev–Trinajstić information content (AvgIpc) is 2.35. The third-order valence-electron chi connectivity index (χ3n) is 3.55. The average molecular weight is 281 g/mol. The summed E-state index contributed by atoms with van der Waals surface area (Å²) < 4.78 is 18.4. The SMILES string of the molecule is CC(C(=O)O)C1CN(C(=O)COc2ccccc2F)C1. The summed E-state index contributed by atoms with van der Waals surface area (Å²) in [5, 5.41) is 8.86. The zero-order valence-corrected chi connectivity index (χ0v) is 11.1. The van der Waals surface area contributed by atoms with Gasteiger partial charge in [-0.3, -0.25) is 9.59 Å². The van der Waals surface area contributed by atoms with Gasteiger partial charge in [-0.2, -0.15) is 0 Å². The highest BCUT2D eigenvalue weighted by molar-refractivity contribution is 5.79. The van der Waals surface area contributed by atoms with Gasteiger partial charge in [0, 0.05) is 19.0 Å². The van der Waals surface area contributed by atoms with Crippen LogP contribution < -0.4 is 4.74 Å². The number of benzene rings is 1. The minimum absolute atomic E-state index is 0.0232. The lowest BCUT2D eigenvalue weighted by molar-refractivity contribution is -0.151. The van der Waals surface area contributed by atoms with Gasteiger partial charge in [-0.1, -0.05) is 19.1 Å². The number of para-hydroxylation sites is 1. The van der Waals surface area contributed by atoms with Crippen LogP contribution in [-0.4, -0.2) is 41.6 Å². The first kappa shape index (κ1) is 14.3. The van der Waals surface area contributed by atoms with Gasteiger partial charge in [0.15, 0.2) is 18.2 Å². The minimum atomic E-state index is -0.857. The van der Waals surface area contributed by atoms with Crippen LogP contribution >= 0.6 is 0 Å². The lowest BCUT2D eigenvalue weighted by atomic mass is 9.87. The predicted octanol–water partition coefficient (Wildman–Crippen LogP) is 1.38. The van der Waals surface area contributed by atoms with Crippen molar-refractivity contribution in [2.45, 2.75) is 6.92 Å². The number of hydrogen-bond donors (Lipinski definition) is 1. The Morgan fingerprint density at radius 2 is 2.10 bits per heavy atom. The van der Waals surface area contributed by atoms with Crippen LogP contribution in [-0.2, 0) is 9.59 Å². The fourth-order valence-corrected chi connectivity index (χ4v) is 2.03. The Labute approximate surface area is 116 Å². The van der Waals surface area contributed by atoms with E-state index in [4.69, 9.17) is 9.84 Å². The molecule has 5 nitrogen and oxygen atoms in total. The Kier molecular flexibility index (Phi) is 4.22. The molecule has 1 N–H and O–H groups in total. The van der Waals surface area contributed by atoms with Gasteiger partial charge < -0.3 is 14.7 Å². The van der Waals surface area contributed by atoms with Crippen molar-refractivity contribution >= 4 is 11.9 Å². The molecule has 1 unspecified atom stereocenters. The lowest BCUT2D eigenvalue weighted by Crippen LogP contribution is -2.54. The molecule has 0 radical (unpaired) electrons. The van der Waals surface area contributed by atoms with Crippen LogP contribution in [0.25, 0.3) is 0 Å². The Bertz CT molecular complexity index is 514. The maximum atomic E-state index is 13.3. The summed E-state index contributed by atoms with van der Waals surface area (Å²) >= 11 is 0. The van der Waals surface area contributed by atoms with Crippen LogP contribution in [0.3, 0.4) is 0 Å². The van der Waals surface area contributed by atoms with Gasteiger partial charge >= 0.3 is 5.97 Å². The second-order valence-corrected chi connectivity index (χ2v) is 4.90. The van der Waals surface area contributed by atoms with Crippen molar-refractivity contribution in [3.8, 4) is 5.75 Å². The van der Waals surface area contributed by atoms with Crippen molar-refractivity contribution in [2.75, 3.05) is 19.7 Å². The van der Waals surface area contributed by atoms with Crippen molar-refractivity contribution in [3.63, 3.8) is 0 Å². The molecule has 0 saturated carbocycles. The van der Waals surface area contributed by atoms with E-state index >= 15 is 0 Å². The quantitative estimate of drug-likeness (QED) is 0.885. The summed E-state index contributed by atoms with van der Waals surface area (Å²) in [7, 11) is 0. The molecule has 0 spiro atoms. The molecule has 1 atom stereocenters. The van der Waals surface area contributed by atoms with Gasteiger partial charge in [0.2, 0.25) is 0 Å². The summed E-state index contributed by atoms with van der Waals surface area (Å²) in [5.74, 6) is -2.08. The highest BCUT2D eigenvalue weighted by atomic mass is 19.1. The van der Waals surface area contributed by atoms with Crippen LogP contribution in [0.1, 0.15) is 6.92 Å². The molecule has 1 aromatic rings. The van der Waals surface area contributed by atoms with E-state index in [9.17, 15) is 14.0 Å². The molecule has 20 heavy (non-hydrogen) atoms. The number of carbonyl (C=O) groups excluding carboxylic acids is 1. The molecule has 1 aromatic carbocycles. The molecular weight excluding hydrogens is 265 g/mol. The molecule has 1 amide bonds. The fraction of sp³-hybridized carbons (Fsp3) is 0.429. The zero-order chi connectivity index (χ0) is 14.7. The van der Waals surface area contributed by atoms with Gasteiger partial charge in [-0.15, -0.1) is 0 Å². The molecule has 0 aliphatic carbocycles. The Hall–Kier alpha value is -2.11. The maximum absolute atomic E-state index is 13.3. The molecule has 1 aliphatic rings. The number of nitrogens with zero attached hydrogens (tertiary/aromatic N) is 1. The molecule has 1 heterocycles. The Balaban J connectivity index is 1.78. The number of likely N-dealkylation sites (tertiary alicyclic amines) is 1. The van der Waals surface area contributed by atoms with E-state index in [1.165, 1.54) is 23.1 Å². The highest BCUT2D eigenvalue weighted by Crippen LogP contribution is 2.24. The van der Waals surface area contributed by atoms with Crippen molar-refractivity contribution in [1.29, 1.82) is 0 Å². The number of amides is 1. The normalized spacial score (nSPS) is 16.4. The number of ether oxygens (including phenoxy) is 1. The van der Waals surface area contributed by atoms with E-state index in [1.54, 1.807) is 13.0 Å². The van der Waals surface area contributed by atoms with Crippen molar-refractivity contribution < 1.29 is 23.8 Å². The highest BCUT2D eigenvalue weighted by Gasteiger charge is 2.37. The summed E-state index contributed by atoms with van der Waals surface area (Å²) in [6.07, 6.45) is 0. The van der Waals surface area contributed by atoms with E-state index in [-0.39, 0.29) is 24.2 Å². The van der Waals surface area contributed by atoms with E-state index in [2.05, 4.69) is 0 Å². The van der Waals surface area contributed by atoms with Gasteiger partial charge in [-0.25, -0.2) is 4.39 Å². The minimum Gasteiger partial charge on any atom is -0.481 e. The van der Waals surface area contributed by atoms with E-state index in [1.807, 2.05) is 0 Å². The van der Waals surface area contributed by atoms with E-state index < -0.39 is 17.7 Å². The molecule has 0 aromatic heterocycles. The van der Waals surface area contributed by atoms with Crippen LogP contribution in [0.5, 0.6) is 5.75 Å². The molecular formula is C14H16FNO4. The van der Waals surface area contributed by atoms with Gasteiger partial charge in [0.25, 0.3) is 5.91 Å². The first-order valence-electron chi connectivity index (χ1n) is 6.37. The lowest BCUT2D eigenvalue weighted by Gasteiger charge is -2.41. The molecule has 0 bridgehead atoms. The number of carboxylic acid groups (broad SMARTS) is 1. The van der Waals surface area contributed by atoms with Crippen LogP contribution in [0.2, 0.25) is 0 Å². The number of carbonyl (C=O) groups is 2. The van der Waals surface area contributed by atoms with Crippen LogP contribution in [0.4, 0.5) is 4.39 Å². The van der Waals surface area contributed by atoms with Crippen molar-refractivity contribution in [3.05, 3.63) is 30.1 Å². The number of rotatable bonds is 5. The molecule has 1 aliphatic heterocycles. The number of halogens is 1. The second kappa shape index (κ2) is 5.90. The number of hydrogen-bond acceptors (Lipinski definition) is 3. The summed E-state index contributed by atoms with van der Waals surface area (Å²) in [6, 6.07) is 5.87. The van der Waals surface area contributed by atoms with Crippen LogP contribution in [0.15, 0.2) is 24.3 Å². The number of aliphatic carboxylic acids is 1. The molecule has 108 valence electrons. The largest absolute Gasteiger partial charge is 0.481 e. The predicted molar refractivity (Wildman–Crippen MR) is 68.8 cm³/mol. The topological polar surface area (TPSA) is 66.8 Å². The van der Waals surface area contributed by atoms with Gasteiger partial charge in [0.05, 0.1) is 5.92 Å². The van der Waals surface area contributed by atoms with Gasteiger partial charge in [0.1, 0.15) is 0 Å². The first-order chi connectivity index (χ1) is 9.49. The molecule has 6 heteroatoms. The Morgan fingerprint density at radius 3 is 2.70 bits per heavy atom. The van der Waals surface area contributed by atoms with Crippen molar-refractivity contribution in [2.24, 2.45) is 11.8 Å². The fourth-order valence-electron chi connectivity index (χ4n) is 2.03.